The molecule has 1 amide bonds. The van der Waals surface area contributed by atoms with Gasteiger partial charge in [0.2, 0.25) is 0 Å². The first kappa shape index (κ1) is 13.5. The van der Waals surface area contributed by atoms with Gasteiger partial charge >= 0.3 is 0 Å². The summed E-state index contributed by atoms with van der Waals surface area (Å²) in [5.74, 6) is -0.389. The maximum Gasteiger partial charge on any atom is 0.270 e. The zero-order valence-corrected chi connectivity index (χ0v) is 9.44. The van der Waals surface area contributed by atoms with E-state index in [1.54, 1.807) is 0 Å². The Bertz CT molecular complexity index is 496. The van der Waals surface area contributed by atoms with Gasteiger partial charge in [0.25, 0.3) is 11.6 Å². The molecule has 0 aromatic heterocycles. The van der Waals surface area contributed by atoms with E-state index < -0.39 is 4.92 Å². The van der Waals surface area contributed by atoms with Crippen molar-refractivity contribution in [1.29, 1.82) is 0 Å². The van der Waals surface area contributed by atoms with E-state index in [2.05, 4.69) is 15.3 Å². The van der Waals surface area contributed by atoms with Crippen molar-refractivity contribution < 1.29 is 9.72 Å². The molecule has 0 fully saturated rings. The van der Waals surface area contributed by atoms with Crippen LogP contribution in [-0.2, 0) is 0 Å². The molecular formula is C10H11N5O3. The number of carbonyl (C=O) groups is 1. The molecule has 0 bridgehead atoms. The molecule has 1 aromatic rings. The Balaban J connectivity index is 2.53. The minimum Gasteiger partial charge on any atom is -0.352 e. The van der Waals surface area contributed by atoms with Crippen LogP contribution < -0.4 is 5.32 Å². The van der Waals surface area contributed by atoms with Crippen LogP contribution in [0.1, 0.15) is 16.8 Å². The third-order valence-electron chi connectivity index (χ3n) is 2.10. The smallest absolute Gasteiger partial charge is 0.270 e. The Labute approximate surface area is 102 Å². The Morgan fingerprint density at radius 3 is 3.00 bits per heavy atom. The summed E-state index contributed by atoms with van der Waals surface area (Å²) in [6, 6.07) is 5.48. The third-order valence-corrected chi connectivity index (χ3v) is 2.10. The van der Waals surface area contributed by atoms with Crippen LogP contribution in [0.3, 0.4) is 0 Å². The molecule has 0 heterocycles. The standard InChI is InChI=1S/C10H11N5O3/c11-14-13-6-2-5-12-10(16)8-3-1-4-9(7-8)15(17)18/h1,3-4,7H,2,5-6H2,(H,12,16). The largest absolute Gasteiger partial charge is 0.352 e. The lowest BCUT2D eigenvalue weighted by Gasteiger charge is -2.03. The minimum atomic E-state index is -0.557. The van der Waals surface area contributed by atoms with E-state index in [-0.39, 0.29) is 17.2 Å². The summed E-state index contributed by atoms with van der Waals surface area (Å²) >= 11 is 0. The van der Waals surface area contributed by atoms with Crippen LogP contribution in [0.25, 0.3) is 10.4 Å². The lowest BCUT2D eigenvalue weighted by Crippen LogP contribution is -2.24. The number of hydrogen-bond acceptors (Lipinski definition) is 4. The number of non-ortho nitro benzene ring substituents is 1. The maximum absolute atomic E-state index is 11.6. The molecule has 1 N–H and O–H groups in total. The van der Waals surface area contributed by atoms with Gasteiger partial charge in [-0.25, -0.2) is 0 Å². The van der Waals surface area contributed by atoms with Gasteiger partial charge in [0.15, 0.2) is 0 Å². The first-order valence-corrected chi connectivity index (χ1v) is 5.18. The number of amides is 1. The number of nitro groups is 1. The number of nitro benzene ring substituents is 1. The monoisotopic (exact) mass is 249 g/mol. The van der Waals surface area contributed by atoms with Crippen LogP contribution in [0.5, 0.6) is 0 Å². The minimum absolute atomic E-state index is 0.128. The molecule has 0 aliphatic carbocycles. The predicted molar refractivity (Wildman–Crippen MR) is 64.1 cm³/mol. The fourth-order valence-electron chi connectivity index (χ4n) is 1.26. The van der Waals surface area contributed by atoms with Crippen molar-refractivity contribution in [2.75, 3.05) is 13.1 Å². The van der Waals surface area contributed by atoms with Gasteiger partial charge in [-0.15, -0.1) is 0 Å². The molecule has 0 atom stereocenters. The Kier molecular flexibility index (Phi) is 5.14. The van der Waals surface area contributed by atoms with E-state index in [9.17, 15) is 14.9 Å². The van der Waals surface area contributed by atoms with Crippen LogP contribution >= 0.6 is 0 Å². The highest BCUT2D eigenvalue weighted by atomic mass is 16.6. The number of hydrogen-bond donors (Lipinski definition) is 1. The summed E-state index contributed by atoms with van der Waals surface area (Å²) in [5, 5.41) is 16.4. The van der Waals surface area contributed by atoms with Gasteiger partial charge in [-0.1, -0.05) is 11.2 Å². The number of nitrogens with one attached hydrogen (secondary N) is 1. The number of azide groups is 1. The van der Waals surface area contributed by atoms with Crippen LogP contribution in [0, 0.1) is 10.1 Å². The molecule has 0 aliphatic heterocycles. The Morgan fingerprint density at radius 1 is 1.56 bits per heavy atom. The van der Waals surface area contributed by atoms with Gasteiger partial charge in [0, 0.05) is 35.7 Å². The van der Waals surface area contributed by atoms with Crippen molar-refractivity contribution in [3.8, 4) is 0 Å². The van der Waals surface area contributed by atoms with E-state index in [0.29, 0.717) is 19.5 Å². The summed E-state index contributed by atoms with van der Waals surface area (Å²) in [7, 11) is 0. The maximum atomic E-state index is 11.6. The summed E-state index contributed by atoms with van der Waals surface area (Å²) in [5.41, 5.74) is 8.14. The summed E-state index contributed by atoms with van der Waals surface area (Å²) < 4.78 is 0. The van der Waals surface area contributed by atoms with E-state index in [4.69, 9.17) is 5.53 Å². The highest BCUT2D eigenvalue weighted by Crippen LogP contribution is 2.12. The Hall–Kier alpha value is -2.60. The first-order valence-electron chi connectivity index (χ1n) is 5.18. The lowest BCUT2D eigenvalue weighted by atomic mass is 10.2. The van der Waals surface area contributed by atoms with Crippen LogP contribution in [0.4, 0.5) is 5.69 Å². The molecule has 0 radical (unpaired) electrons. The summed E-state index contributed by atoms with van der Waals surface area (Å²) in [6.45, 7) is 0.645. The molecule has 0 aliphatic rings. The van der Waals surface area contributed by atoms with Crippen molar-refractivity contribution >= 4 is 11.6 Å². The van der Waals surface area contributed by atoms with Crippen molar-refractivity contribution in [2.45, 2.75) is 6.42 Å². The number of carbonyl (C=O) groups excluding carboxylic acids is 1. The molecule has 8 heteroatoms. The summed E-state index contributed by atoms with van der Waals surface area (Å²) in [4.78, 5) is 24.2. The average molecular weight is 249 g/mol. The second-order valence-electron chi connectivity index (χ2n) is 3.37. The topological polar surface area (TPSA) is 121 Å². The molecule has 0 saturated carbocycles. The molecule has 8 nitrogen and oxygen atoms in total. The van der Waals surface area contributed by atoms with Gasteiger partial charge in [-0.2, -0.15) is 0 Å². The normalized spacial score (nSPS) is 9.33. The van der Waals surface area contributed by atoms with Crippen molar-refractivity contribution in [2.24, 2.45) is 5.11 Å². The van der Waals surface area contributed by atoms with Crippen molar-refractivity contribution in [3.05, 3.63) is 50.4 Å². The summed E-state index contributed by atoms with van der Waals surface area (Å²) in [6.07, 6.45) is 0.519. The lowest BCUT2D eigenvalue weighted by molar-refractivity contribution is -0.384. The van der Waals surface area contributed by atoms with Crippen LogP contribution in [0.15, 0.2) is 29.4 Å². The molecule has 0 unspecified atom stereocenters. The first-order chi connectivity index (χ1) is 8.65. The zero-order chi connectivity index (χ0) is 13.4. The van der Waals surface area contributed by atoms with E-state index in [1.807, 2.05) is 0 Å². The second-order valence-corrected chi connectivity index (χ2v) is 3.37. The fourth-order valence-corrected chi connectivity index (χ4v) is 1.26. The fraction of sp³-hybridized carbons (Fsp3) is 0.300. The average Bonchev–Trinajstić information content (AvgIpc) is 2.38. The molecular weight excluding hydrogens is 238 g/mol. The van der Waals surface area contributed by atoms with E-state index in [0.717, 1.165) is 0 Å². The zero-order valence-electron chi connectivity index (χ0n) is 9.44. The highest BCUT2D eigenvalue weighted by Gasteiger charge is 2.10. The van der Waals surface area contributed by atoms with Crippen LogP contribution in [0.2, 0.25) is 0 Å². The van der Waals surface area contributed by atoms with Gasteiger partial charge in [0.05, 0.1) is 4.92 Å². The predicted octanol–water partition coefficient (Wildman–Crippen LogP) is 2.02. The number of benzene rings is 1. The third kappa shape index (κ3) is 4.11. The number of nitrogens with zero attached hydrogens (tertiary/aromatic N) is 4. The molecule has 18 heavy (non-hydrogen) atoms. The number of rotatable bonds is 6. The van der Waals surface area contributed by atoms with Gasteiger partial charge in [-0.3, -0.25) is 14.9 Å². The van der Waals surface area contributed by atoms with Crippen LogP contribution in [-0.4, -0.2) is 23.9 Å². The van der Waals surface area contributed by atoms with E-state index >= 15 is 0 Å². The van der Waals surface area contributed by atoms with Crippen molar-refractivity contribution in [3.63, 3.8) is 0 Å². The molecule has 1 aromatic carbocycles. The highest BCUT2D eigenvalue weighted by molar-refractivity contribution is 5.94. The molecule has 0 saturated heterocycles. The van der Waals surface area contributed by atoms with E-state index in [1.165, 1.54) is 24.3 Å². The van der Waals surface area contributed by atoms with Crippen molar-refractivity contribution in [1.82, 2.24) is 5.32 Å². The molecule has 94 valence electrons. The SMILES string of the molecule is [N-]=[N+]=NCCCNC(=O)c1cccc([N+](=O)[O-])c1. The quantitative estimate of drug-likeness (QED) is 0.207. The van der Waals surface area contributed by atoms with Gasteiger partial charge < -0.3 is 5.32 Å². The second kappa shape index (κ2) is 6.87. The van der Waals surface area contributed by atoms with Gasteiger partial charge in [-0.05, 0) is 18.0 Å². The molecule has 1 rings (SSSR count). The Morgan fingerprint density at radius 2 is 2.33 bits per heavy atom. The van der Waals surface area contributed by atoms with Gasteiger partial charge in [0.1, 0.15) is 0 Å². The molecule has 0 spiro atoms.